The van der Waals surface area contributed by atoms with Crippen molar-refractivity contribution in [2.24, 2.45) is 11.8 Å². The number of ether oxygens (including phenoxy) is 1. The summed E-state index contributed by atoms with van der Waals surface area (Å²) >= 11 is 0. The summed E-state index contributed by atoms with van der Waals surface area (Å²) in [5.74, 6) is 2.36. The van der Waals surface area contributed by atoms with Gasteiger partial charge in [-0.1, -0.05) is 76.8 Å². The molecule has 0 aliphatic heterocycles. The van der Waals surface area contributed by atoms with Crippen LogP contribution in [0.25, 0.3) is 0 Å². The first kappa shape index (κ1) is 21.4. The van der Waals surface area contributed by atoms with Gasteiger partial charge in [-0.25, -0.2) is 0 Å². The van der Waals surface area contributed by atoms with Crippen LogP contribution in [0, 0.1) is 11.8 Å². The molecular weight excluding hydrogens is 344 g/mol. The normalized spacial score (nSPS) is 23.5. The van der Waals surface area contributed by atoms with Crippen molar-refractivity contribution < 1.29 is 9.53 Å². The Morgan fingerprint density at radius 2 is 1.54 bits per heavy atom. The Kier molecular flexibility index (Phi) is 8.89. The van der Waals surface area contributed by atoms with Crippen LogP contribution in [0.3, 0.4) is 0 Å². The van der Waals surface area contributed by atoms with Crippen molar-refractivity contribution in [2.45, 2.75) is 109 Å². The highest BCUT2D eigenvalue weighted by molar-refractivity contribution is 5.75. The highest BCUT2D eigenvalue weighted by Crippen LogP contribution is 2.35. The molecule has 0 radical (unpaired) electrons. The van der Waals surface area contributed by atoms with Gasteiger partial charge in [0.1, 0.15) is 5.75 Å². The average Bonchev–Trinajstić information content (AvgIpc) is 2.75. The third kappa shape index (κ3) is 6.64. The summed E-state index contributed by atoms with van der Waals surface area (Å²) in [6.07, 6.45) is 19.3. The van der Waals surface area contributed by atoms with Gasteiger partial charge in [-0.3, -0.25) is 4.79 Å². The summed E-state index contributed by atoms with van der Waals surface area (Å²) in [6, 6.07) is 8.36. The topological polar surface area (TPSA) is 26.3 Å². The summed E-state index contributed by atoms with van der Waals surface area (Å²) in [4.78, 5) is 12.6. The maximum Gasteiger partial charge on any atom is 0.314 e. The van der Waals surface area contributed by atoms with Crippen molar-refractivity contribution in [2.75, 3.05) is 0 Å². The number of hydrogen-bond donors (Lipinski definition) is 0. The summed E-state index contributed by atoms with van der Waals surface area (Å²) < 4.78 is 5.72. The Bertz CT molecular complexity index is 563. The maximum absolute atomic E-state index is 12.6. The number of benzene rings is 1. The predicted molar refractivity (Wildman–Crippen MR) is 117 cm³/mol. The Morgan fingerprint density at radius 1 is 0.857 bits per heavy atom. The van der Waals surface area contributed by atoms with E-state index in [1.54, 1.807) is 0 Å². The Labute approximate surface area is 172 Å². The van der Waals surface area contributed by atoms with Crippen LogP contribution in [0.1, 0.15) is 115 Å². The van der Waals surface area contributed by atoms with Crippen molar-refractivity contribution in [3.8, 4) is 5.75 Å². The minimum absolute atomic E-state index is 0.00758. The van der Waals surface area contributed by atoms with E-state index in [-0.39, 0.29) is 11.9 Å². The van der Waals surface area contributed by atoms with Crippen LogP contribution >= 0.6 is 0 Å². The van der Waals surface area contributed by atoms with Gasteiger partial charge < -0.3 is 4.74 Å². The number of esters is 1. The van der Waals surface area contributed by atoms with Gasteiger partial charge in [-0.2, -0.15) is 0 Å². The van der Waals surface area contributed by atoms with Crippen molar-refractivity contribution in [3.05, 3.63) is 29.8 Å². The number of unbranched alkanes of at least 4 members (excludes halogenated alkanes) is 4. The lowest BCUT2D eigenvalue weighted by Gasteiger charge is -2.27. The smallest absolute Gasteiger partial charge is 0.314 e. The average molecular weight is 385 g/mol. The molecule has 2 nitrogen and oxygen atoms in total. The van der Waals surface area contributed by atoms with E-state index in [0.29, 0.717) is 5.92 Å². The molecule has 1 aromatic carbocycles. The fraction of sp³-hybridized carbons (Fsp3) is 0.731. The number of rotatable bonds is 9. The predicted octanol–water partition coefficient (Wildman–Crippen LogP) is 7.81. The van der Waals surface area contributed by atoms with Gasteiger partial charge in [0, 0.05) is 0 Å². The van der Waals surface area contributed by atoms with Gasteiger partial charge in [0.25, 0.3) is 0 Å². The lowest BCUT2D eigenvalue weighted by Crippen LogP contribution is -2.25. The Hall–Kier alpha value is -1.31. The summed E-state index contributed by atoms with van der Waals surface area (Å²) in [5.41, 5.74) is 1.42. The number of carbonyl (C=O) groups is 1. The molecule has 0 bridgehead atoms. The quantitative estimate of drug-likeness (QED) is 0.246. The van der Waals surface area contributed by atoms with Gasteiger partial charge in [-0.05, 0) is 68.1 Å². The van der Waals surface area contributed by atoms with E-state index in [1.807, 2.05) is 12.1 Å². The van der Waals surface area contributed by atoms with Gasteiger partial charge in [0.05, 0.1) is 5.92 Å². The van der Waals surface area contributed by atoms with Gasteiger partial charge >= 0.3 is 5.97 Å². The van der Waals surface area contributed by atoms with Crippen LogP contribution < -0.4 is 4.74 Å². The molecule has 2 aliphatic rings. The summed E-state index contributed by atoms with van der Waals surface area (Å²) in [6.45, 7) is 2.27. The molecule has 0 spiro atoms. The Morgan fingerprint density at radius 3 is 2.21 bits per heavy atom. The van der Waals surface area contributed by atoms with Crippen LogP contribution in [0.15, 0.2) is 24.3 Å². The molecule has 0 saturated heterocycles. The molecule has 0 amide bonds. The summed E-state index contributed by atoms with van der Waals surface area (Å²) in [5, 5.41) is 0. The van der Waals surface area contributed by atoms with E-state index >= 15 is 0 Å². The molecule has 156 valence electrons. The fourth-order valence-electron chi connectivity index (χ4n) is 5.17. The van der Waals surface area contributed by atoms with E-state index in [2.05, 4.69) is 19.1 Å². The SMILES string of the molecule is CCCCCCCC1CCC(C(=O)Oc2ccc(C3CCCCC3)cc2)CC1. The van der Waals surface area contributed by atoms with E-state index in [0.717, 1.165) is 24.5 Å². The fourth-order valence-corrected chi connectivity index (χ4v) is 5.17. The minimum Gasteiger partial charge on any atom is -0.426 e. The maximum atomic E-state index is 12.6. The van der Waals surface area contributed by atoms with E-state index < -0.39 is 0 Å². The Balaban J connectivity index is 1.37. The third-order valence-electron chi connectivity index (χ3n) is 7.07. The lowest BCUT2D eigenvalue weighted by atomic mass is 9.80. The molecular formula is C26H40O2. The number of carbonyl (C=O) groups excluding carboxylic acids is 1. The van der Waals surface area contributed by atoms with Crippen LogP contribution in [-0.2, 0) is 4.79 Å². The number of hydrogen-bond acceptors (Lipinski definition) is 2. The van der Waals surface area contributed by atoms with Crippen LogP contribution in [0.4, 0.5) is 0 Å². The molecule has 0 N–H and O–H groups in total. The van der Waals surface area contributed by atoms with Crippen molar-refractivity contribution in [1.29, 1.82) is 0 Å². The minimum atomic E-state index is -0.00758. The lowest BCUT2D eigenvalue weighted by molar-refractivity contribution is -0.140. The first-order valence-electron chi connectivity index (χ1n) is 12.1. The monoisotopic (exact) mass is 384 g/mol. The first-order chi connectivity index (χ1) is 13.8. The summed E-state index contributed by atoms with van der Waals surface area (Å²) in [7, 11) is 0. The second-order valence-corrected chi connectivity index (χ2v) is 9.25. The molecule has 3 rings (SSSR count). The molecule has 2 fully saturated rings. The second-order valence-electron chi connectivity index (χ2n) is 9.25. The second kappa shape index (κ2) is 11.6. The zero-order chi connectivity index (χ0) is 19.6. The molecule has 0 aromatic heterocycles. The molecule has 2 aliphatic carbocycles. The van der Waals surface area contributed by atoms with Crippen molar-refractivity contribution >= 4 is 5.97 Å². The molecule has 2 saturated carbocycles. The van der Waals surface area contributed by atoms with Gasteiger partial charge in [0.2, 0.25) is 0 Å². The highest BCUT2D eigenvalue weighted by atomic mass is 16.5. The van der Waals surface area contributed by atoms with E-state index in [9.17, 15) is 4.79 Å². The van der Waals surface area contributed by atoms with E-state index in [1.165, 1.54) is 89.0 Å². The largest absolute Gasteiger partial charge is 0.426 e. The molecule has 2 heteroatoms. The van der Waals surface area contributed by atoms with Crippen LogP contribution in [0.5, 0.6) is 5.75 Å². The van der Waals surface area contributed by atoms with Crippen molar-refractivity contribution in [1.82, 2.24) is 0 Å². The standard InChI is InChI=1S/C26H40O2/c1-2-3-4-5-7-10-21-13-15-24(16-14-21)26(27)28-25-19-17-23(18-20-25)22-11-8-6-9-12-22/h17-22,24H,2-16H2,1H3. The van der Waals surface area contributed by atoms with Crippen molar-refractivity contribution in [3.63, 3.8) is 0 Å². The zero-order valence-electron chi connectivity index (χ0n) is 18.0. The van der Waals surface area contributed by atoms with Crippen LogP contribution in [-0.4, -0.2) is 5.97 Å². The molecule has 0 unspecified atom stereocenters. The van der Waals surface area contributed by atoms with Gasteiger partial charge in [0.15, 0.2) is 0 Å². The molecule has 0 atom stereocenters. The van der Waals surface area contributed by atoms with E-state index in [4.69, 9.17) is 4.74 Å². The zero-order valence-corrected chi connectivity index (χ0v) is 18.0. The first-order valence-corrected chi connectivity index (χ1v) is 12.1. The van der Waals surface area contributed by atoms with Gasteiger partial charge in [-0.15, -0.1) is 0 Å². The molecule has 0 heterocycles. The van der Waals surface area contributed by atoms with Crippen LogP contribution in [0.2, 0.25) is 0 Å². The molecule has 28 heavy (non-hydrogen) atoms. The third-order valence-corrected chi connectivity index (χ3v) is 7.07. The highest BCUT2D eigenvalue weighted by Gasteiger charge is 2.27. The molecule has 1 aromatic rings.